The molecule has 1 atom stereocenters. The van der Waals surface area contributed by atoms with Crippen LogP contribution in [-0.2, 0) is 6.42 Å². The molecule has 0 saturated heterocycles. The number of hydrogen-bond acceptors (Lipinski definition) is 3. The summed E-state index contributed by atoms with van der Waals surface area (Å²) < 4.78 is 0. The minimum Gasteiger partial charge on any atom is -0.508 e. The molecule has 0 aliphatic carbocycles. The van der Waals surface area contributed by atoms with E-state index in [1.807, 2.05) is 37.3 Å². The lowest BCUT2D eigenvalue weighted by Crippen LogP contribution is -2.36. The first kappa shape index (κ1) is 15.6. The van der Waals surface area contributed by atoms with E-state index in [4.69, 9.17) is 0 Å². The summed E-state index contributed by atoms with van der Waals surface area (Å²) in [6, 6.07) is 22.0. The molecule has 1 unspecified atom stereocenters. The zero-order valence-electron chi connectivity index (χ0n) is 14.2. The van der Waals surface area contributed by atoms with Crippen molar-refractivity contribution in [1.29, 1.82) is 0 Å². The minimum absolute atomic E-state index is 0.0626. The van der Waals surface area contributed by atoms with Crippen molar-refractivity contribution in [2.24, 2.45) is 0 Å². The van der Waals surface area contributed by atoms with Gasteiger partial charge in [0.05, 0.1) is 6.04 Å². The third kappa shape index (κ3) is 2.82. The van der Waals surface area contributed by atoms with Gasteiger partial charge in [-0.15, -0.1) is 0 Å². The average Bonchev–Trinajstić information content (AvgIpc) is 2.63. The van der Waals surface area contributed by atoms with Crippen LogP contribution in [-0.4, -0.2) is 16.8 Å². The number of fused-ring (bicyclic) bond motifs is 1. The second-order valence-corrected chi connectivity index (χ2v) is 6.61. The highest BCUT2D eigenvalue weighted by molar-refractivity contribution is 5.59. The van der Waals surface area contributed by atoms with E-state index in [1.165, 1.54) is 16.7 Å². The highest BCUT2D eigenvalue weighted by Gasteiger charge is 2.29. The van der Waals surface area contributed by atoms with E-state index in [0.29, 0.717) is 11.5 Å². The first-order valence-electron chi connectivity index (χ1n) is 8.56. The molecule has 3 nitrogen and oxygen atoms in total. The Morgan fingerprint density at radius 2 is 1.72 bits per heavy atom. The fourth-order valence-electron chi connectivity index (χ4n) is 3.66. The molecule has 1 aliphatic heterocycles. The van der Waals surface area contributed by atoms with E-state index in [-0.39, 0.29) is 6.04 Å². The highest BCUT2D eigenvalue weighted by Crippen LogP contribution is 2.40. The van der Waals surface area contributed by atoms with Gasteiger partial charge in [-0.25, -0.2) is 0 Å². The molecule has 0 saturated carbocycles. The van der Waals surface area contributed by atoms with Gasteiger partial charge < -0.3 is 15.1 Å². The number of benzene rings is 3. The van der Waals surface area contributed by atoms with Gasteiger partial charge in [0.15, 0.2) is 0 Å². The van der Waals surface area contributed by atoms with Gasteiger partial charge in [0.1, 0.15) is 11.5 Å². The Kier molecular flexibility index (Phi) is 3.85. The van der Waals surface area contributed by atoms with Crippen molar-refractivity contribution in [2.75, 3.05) is 11.4 Å². The van der Waals surface area contributed by atoms with Gasteiger partial charge in [-0.05, 0) is 53.8 Å². The summed E-state index contributed by atoms with van der Waals surface area (Å²) >= 11 is 0. The van der Waals surface area contributed by atoms with Crippen LogP contribution in [0.3, 0.4) is 0 Å². The summed E-state index contributed by atoms with van der Waals surface area (Å²) in [6.07, 6.45) is 0.863. The van der Waals surface area contributed by atoms with Crippen LogP contribution in [0, 0.1) is 6.92 Å². The van der Waals surface area contributed by atoms with Crippen molar-refractivity contribution < 1.29 is 10.2 Å². The van der Waals surface area contributed by atoms with Gasteiger partial charge in [0.2, 0.25) is 0 Å². The van der Waals surface area contributed by atoms with Gasteiger partial charge >= 0.3 is 0 Å². The molecule has 0 bridgehead atoms. The number of rotatable bonds is 2. The summed E-state index contributed by atoms with van der Waals surface area (Å²) in [7, 11) is 0. The van der Waals surface area contributed by atoms with Crippen molar-refractivity contribution in [2.45, 2.75) is 19.4 Å². The van der Waals surface area contributed by atoms with Crippen molar-refractivity contribution >= 4 is 5.69 Å². The van der Waals surface area contributed by atoms with Gasteiger partial charge in [-0.1, -0.05) is 42.5 Å². The normalized spacial score (nSPS) is 16.5. The molecule has 0 spiro atoms. The third-order valence-corrected chi connectivity index (χ3v) is 4.99. The fourth-order valence-corrected chi connectivity index (χ4v) is 3.66. The lowest BCUT2D eigenvalue weighted by molar-refractivity contribution is 0.470. The van der Waals surface area contributed by atoms with Crippen LogP contribution in [0.25, 0.3) is 0 Å². The van der Waals surface area contributed by atoms with Crippen LogP contribution in [0.4, 0.5) is 5.69 Å². The predicted octanol–water partition coefficient (Wildman–Crippen LogP) is 4.56. The minimum atomic E-state index is 0.0626. The Morgan fingerprint density at radius 1 is 0.920 bits per heavy atom. The third-order valence-electron chi connectivity index (χ3n) is 4.99. The van der Waals surface area contributed by atoms with Gasteiger partial charge in [0.25, 0.3) is 0 Å². The number of aromatic hydroxyl groups is 2. The second kappa shape index (κ2) is 6.17. The van der Waals surface area contributed by atoms with Crippen molar-refractivity contribution in [1.82, 2.24) is 0 Å². The van der Waals surface area contributed by atoms with Crippen LogP contribution in [0.1, 0.15) is 28.3 Å². The number of nitrogens with zero attached hydrogens (tertiary/aromatic N) is 1. The maximum absolute atomic E-state index is 10.2. The molecule has 3 heteroatoms. The van der Waals surface area contributed by atoms with Gasteiger partial charge in [0, 0.05) is 18.3 Å². The zero-order chi connectivity index (χ0) is 17.4. The van der Waals surface area contributed by atoms with Crippen LogP contribution in [0.5, 0.6) is 11.5 Å². The predicted molar refractivity (Wildman–Crippen MR) is 100 cm³/mol. The molecule has 4 rings (SSSR count). The molecule has 1 aliphatic rings. The number of aryl methyl sites for hydroxylation is 1. The van der Waals surface area contributed by atoms with Crippen LogP contribution < -0.4 is 4.90 Å². The SMILES string of the molecule is Cc1ccc(N2CCc3cc(O)ccc3C2c2ccccc2)cc1O. The first-order valence-corrected chi connectivity index (χ1v) is 8.56. The largest absolute Gasteiger partial charge is 0.508 e. The molecule has 2 N–H and O–H groups in total. The van der Waals surface area contributed by atoms with Crippen LogP contribution in [0.15, 0.2) is 66.7 Å². The molecule has 25 heavy (non-hydrogen) atoms. The maximum Gasteiger partial charge on any atom is 0.120 e. The molecule has 3 aromatic rings. The Bertz CT molecular complexity index is 905. The first-order chi connectivity index (χ1) is 12.1. The Hall–Kier alpha value is -2.94. The van der Waals surface area contributed by atoms with E-state index >= 15 is 0 Å². The molecular formula is C22H21NO2. The Labute approximate surface area is 147 Å². The van der Waals surface area contributed by atoms with E-state index < -0.39 is 0 Å². The summed E-state index contributed by atoms with van der Waals surface area (Å²) in [4.78, 5) is 2.33. The van der Waals surface area contributed by atoms with Crippen molar-refractivity contribution in [3.05, 3.63) is 89.0 Å². The van der Waals surface area contributed by atoms with Crippen molar-refractivity contribution in [3.63, 3.8) is 0 Å². The smallest absolute Gasteiger partial charge is 0.120 e. The van der Waals surface area contributed by atoms with E-state index in [1.54, 1.807) is 6.07 Å². The second-order valence-electron chi connectivity index (χ2n) is 6.61. The lowest BCUT2D eigenvalue weighted by atomic mass is 9.87. The van der Waals surface area contributed by atoms with Crippen molar-refractivity contribution in [3.8, 4) is 11.5 Å². The standard InChI is InChI=1S/C22H21NO2/c1-15-7-8-18(14-21(15)25)23-12-11-17-13-19(24)9-10-20(17)22(23)16-5-3-2-4-6-16/h2-10,13-14,22,24-25H,11-12H2,1H3. The molecule has 126 valence electrons. The van der Waals surface area contributed by atoms with Gasteiger partial charge in [-0.3, -0.25) is 0 Å². The van der Waals surface area contributed by atoms with E-state index in [2.05, 4.69) is 35.2 Å². The summed E-state index contributed by atoms with van der Waals surface area (Å²) in [5.41, 5.74) is 5.48. The van der Waals surface area contributed by atoms with E-state index in [0.717, 1.165) is 24.2 Å². The highest BCUT2D eigenvalue weighted by atomic mass is 16.3. The van der Waals surface area contributed by atoms with Crippen LogP contribution in [0.2, 0.25) is 0 Å². The molecule has 0 radical (unpaired) electrons. The average molecular weight is 331 g/mol. The summed E-state index contributed by atoms with van der Waals surface area (Å²) in [6.45, 7) is 2.74. The Balaban J connectivity index is 1.86. The Morgan fingerprint density at radius 3 is 2.48 bits per heavy atom. The fraction of sp³-hybridized carbons (Fsp3) is 0.182. The summed E-state index contributed by atoms with van der Waals surface area (Å²) in [5.74, 6) is 0.632. The monoisotopic (exact) mass is 331 g/mol. The number of phenols is 2. The molecular weight excluding hydrogens is 310 g/mol. The quantitative estimate of drug-likeness (QED) is 0.723. The number of anilines is 1. The molecule has 1 heterocycles. The van der Waals surface area contributed by atoms with Gasteiger partial charge in [-0.2, -0.15) is 0 Å². The maximum atomic E-state index is 10.2. The topological polar surface area (TPSA) is 43.7 Å². The van der Waals surface area contributed by atoms with E-state index in [9.17, 15) is 10.2 Å². The molecule has 0 amide bonds. The molecule has 3 aromatic carbocycles. The molecule has 0 fully saturated rings. The number of hydrogen-bond donors (Lipinski definition) is 2. The molecule has 0 aromatic heterocycles. The van der Waals surface area contributed by atoms with Crippen LogP contribution >= 0.6 is 0 Å². The number of phenolic OH excluding ortho intramolecular Hbond substituents is 2. The summed E-state index contributed by atoms with van der Waals surface area (Å²) in [5, 5.41) is 20.0. The lowest BCUT2D eigenvalue weighted by Gasteiger charge is -2.39. The zero-order valence-corrected chi connectivity index (χ0v) is 14.2.